The highest BCUT2D eigenvalue weighted by atomic mass is 35.5. The van der Waals surface area contributed by atoms with Crippen molar-refractivity contribution >= 4 is 40.1 Å². The molecule has 0 fully saturated rings. The predicted molar refractivity (Wildman–Crippen MR) is 107 cm³/mol. The number of hydrogen-bond acceptors (Lipinski definition) is 6. The van der Waals surface area contributed by atoms with Crippen molar-refractivity contribution in [3.8, 4) is 0 Å². The third kappa shape index (κ3) is 3.44. The summed E-state index contributed by atoms with van der Waals surface area (Å²) in [6.45, 7) is 5.91. The first-order chi connectivity index (χ1) is 12.9. The molecule has 6 nitrogen and oxygen atoms in total. The maximum atomic E-state index is 12.0. The second-order valence-electron chi connectivity index (χ2n) is 6.32. The molecule has 0 unspecified atom stereocenters. The summed E-state index contributed by atoms with van der Waals surface area (Å²) in [7, 11) is 0. The highest BCUT2D eigenvalue weighted by molar-refractivity contribution is 7.98. The number of hydrogen-bond donors (Lipinski definition) is 0. The topological polar surface area (TPSA) is 73.3 Å². The van der Waals surface area contributed by atoms with E-state index in [0.717, 1.165) is 34.3 Å². The van der Waals surface area contributed by atoms with Crippen LogP contribution in [0.5, 0.6) is 0 Å². The zero-order valence-corrected chi connectivity index (χ0v) is 16.7. The molecule has 0 radical (unpaired) electrons. The monoisotopic (exact) mass is 400 g/mol. The van der Waals surface area contributed by atoms with Gasteiger partial charge in [0, 0.05) is 33.6 Å². The van der Waals surface area contributed by atoms with E-state index < -0.39 is 0 Å². The Kier molecular flexibility index (Phi) is 4.65. The van der Waals surface area contributed by atoms with Crippen LogP contribution in [-0.2, 0) is 12.2 Å². The van der Waals surface area contributed by atoms with Gasteiger partial charge in [-0.1, -0.05) is 30.3 Å². The summed E-state index contributed by atoms with van der Waals surface area (Å²) in [6, 6.07) is 7.16. The Labute approximate surface area is 164 Å². The molecule has 0 amide bonds. The number of aryl methyl sites for hydroxylation is 3. The van der Waals surface area contributed by atoms with Gasteiger partial charge >= 0.3 is 5.63 Å². The molecule has 0 atom stereocenters. The Bertz CT molecular complexity index is 1230. The lowest BCUT2D eigenvalue weighted by Crippen LogP contribution is -2.01. The van der Waals surface area contributed by atoms with E-state index in [1.807, 2.05) is 39.0 Å². The van der Waals surface area contributed by atoms with Gasteiger partial charge in [-0.25, -0.2) is 14.3 Å². The van der Waals surface area contributed by atoms with Crippen LogP contribution in [0, 0.1) is 13.8 Å². The molecule has 8 heteroatoms. The van der Waals surface area contributed by atoms with E-state index in [1.165, 1.54) is 17.8 Å². The number of benzene rings is 1. The van der Waals surface area contributed by atoms with E-state index in [1.54, 1.807) is 4.52 Å². The van der Waals surface area contributed by atoms with Gasteiger partial charge in [-0.2, -0.15) is 4.98 Å². The summed E-state index contributed by atoms with van der Waals surface area (Å²) in [5.41, 5.74) is 3.85. The molecule has 4 rings (SSSR count). The van der Waals surface area contributed by atoms with Crippen LogP contribution in [-0.4, -0.2) is 19.6 Å². The number of fused-ring (bicyclic) bond motifs is 2. The molecule has 0 aliphatic heterocycles. The van der Waals surface area contributed by atoms with Gasteiger partial charge in [-0.05, 0) is 49.6 Å². The predicted octanol–water partition coefficient (Wildman–Crippen LogP) is 4.36. The summed E-state index contributed by atoms with van der Waals surface area (Å²) in [6.07, 6.45) is 0.772. The van der Waals surface area contributed by atoms with Crippen LogP contribution in [0.25, 0.3) is 16.7 Å². The quantitative estimate of drug-likeness (QED) is 0.374. The Morgan fingerprint density at radius 3 is 2.74 bits per heavy atom. The zero-order valence-electron chi connectivity index (χ0n) is 15.1. The van der Waals surface area contributed by atoms with Crippen LogP contribution in [0.3, 0.4) is 0 Å². The van der Waals surface area contributed by atoms with Crippen molar-refractivity contribution in [2.45, 2.75) is 38.1 Å². The minimum atomic E-state index is -0.376. The molecule has 0 saturated heterocycles. The average Bonchev–Trinajstić information content (AvgIpc) is 3.03. The molecular weight excluding hydrogens is 384 g/mol. The van der Waals surface area contributed by atoms with Crippen LogP contribution >= 0.6 is 23.4 Å². The van der Waals surface area contributed by atoms with Crippen LogP contribution in [0.2, 0.25) is 5.02 Å². The fourth-order valence-electron chi connectivity index (χ4n) is 3.03. The summed E-state index contributed by atoms with van der Waals surface area (Å²) in [5, 5.41) is 6.60. The molecule has 0 aliphatic rings. The largest absolute Gasteiger partial charge is 0.423 e. The van der Waals surface area contributed by atoms with Crippen LogP contribution < -0.4 is 5.63 Å². The third-order valence-corrected chi connectivity index (χ3v) is 5.57. The minimum absolute atomic E-state index is 0.376. The van der Waals surface area contributed by atoms with E-state index in [-0.39, 0.29) is 5.63 Å². The van der Waals surface area contributed by atoms with Crippen molar-refractivity contribution < 1.29 is 4.42 Å². The van der Waals surface area contributed by atoms with Gasteiger partial charge in [-0.3, -0.25) is 0 Å². The molecule has 0 bridgehead atoms. The van der Waals surface area contributed by atoms with Gasteiger partial charge in [0.2, 0.25) is 5.16 Å². The minimum Gasteiger partial charge on any atom is -0.423 e. The SMILES string of the molecule is CCc1cc2oc(=O)cc(CSc3nc4nc(C)cc(C)n4n3)c2cc1Cl. The molecule has 3 aromatic heterocycles. The maximum absolute atomic E-state index is 12.0. The van der Waals surface area contributed by atoms with Gasteiger partial charge < -0.3 is 4.42 Å². The standard InChI is InChI=1S/C19H17ClN4O2S/c1-4-12-6-16-14(8-15(12)20)13(7-17(25)26-16)9-27-19-22-18-21-10(2)5-11(3)24(18)23-19/h5-8H,4,9H2,1-3H3. The van der Waals surface area contributed by atoms with Crippen LogP contribution in [0.1, 0.15) is 29.4 Å². The summed E-state index contributed by atoms with van der Waals surface area (Å²) >= 11 is 7.80. The number of aromatic nitrogens is 4. The van der Waals surface area contributed by atoms with E-state index in [9.17, 15) is 4.79 Å². The lowest BCUT2D eigenvalue weighted by atomic mass is 10.1. The molecule has 0 saturated carbocycles. The molecule has 138 valence electrons. The molecule has 3 heterocycles. The Morgan fingerprint density at radius 1 is 1.15 bits per heavy atom. The van der Waals surface area contributed by atoms with E-state index in [0.29, 0.717) is 27.3 Å². The molecule has 1 aromatic carbocycles. The van der Waals surface area contributed by atoms with E-state index >= 15 is 0 Å². The van der Waals surface area contributed by atoms with Crippen molar-refractivity contribution in [2.24, 2.45) is 0 Å². The van der Waals surface area contributed by atoms with Crippen molar-refractivity contribution in [3.05, 3.63) is 62.2 Å². The molecule has 0 spiro atoms. The molecule has 0 aliphatic carbocycles. The summed E-state index contributed by atoms with van der Waals surface area (Å²) < 4.78 is 7.08. The zero-order chi connectivity index (χ0) is 19.1. The van der Waals surface area contributed by atoms with Crippen molar-refractivity contribution in [1.29, 1.82) is 0 Å². The van der Waals surface area contributed by atoms with Crippen molar-refractivity contribution in [1.82, 2.24) is 19.6 Å². The van der Waals surface area contributed by atoms with E-state index in [4.69, 9.17) is 16.0 Å². The number of thioether (sulfide) groups is 1. The second-order valence-corrected chi connectivity index (χ2v) is 7.67. The number of nitrogens with zero attached hydrogens (tertiary/aromatic N) is 4. The lowest BCUT2D eigenvalue weighted by Gasteiger charge is -2.07. The average molecular weight is 401 g/mol. The van der Waals surface area contributed by atoms with Gasteiger partial charge in [0.1, 0.15) is 5.58 Å². The van der Waals surface area contributed by atoms with Gasteiger partial charge in [0.15, 0.2) is 0 Å². The normalized spacial score (nSPS) is 11.6. The molecule has 0 N–H and O–H groups in total. The summed E-state index contributed by atoms with van der Waals surface area (Å²) in [5.74, 6) is 1.10. The first-order valence-corrected chi connectivity index (χ1v) is 9.90. The maximum Gasteiger partial charge on any atom is 0.336 e. The molecule has 27 heavy (non-hydrogen) atoms. The Balaban J connectivity index is 1.70. The highest BCUT2D eigenvalue weighted by Gasteiger charge is 2.13. The first-order valence-electron chi connectivity index (χ1n) is 8.53. The van der Waals surface area contributed by atoms with Crippen molar-refractivity contribution in [2.75, 3.05) is 0 Å². The third-order valence-electron chi connectivity index (χ3n) is 4.33. The Morgan fingerprint density at radius 2 is 1.96 bits per heavy atom. The number of rotatable bonds is 4. The Hall–Kier alpha value is -2.38. The van der Waals surface area contributed by atoms with Gasteiger partial charge in [0.25, 0.3) is 5.78 Å². The van der Waals surface area contributed by atoms with Gasteiger partial charge in [-0.15, -0.1) is 5.10 Å². The van der Waals surface area contributed by atoms with Gasteiger partial charge in [0.05, 0.1) is 0 Å². The summed E-state index contributed by atoms with van der Waals surface area (Å²) in [4.78, 5) is 20.8. The van der Waals surface area contributed by atoms with Crippen LogP contribution in [0.15, 0.2) is 38.6 Å². The van der Waals surface area contributed by atoms with Crippen molar-refractivity contribution in [3.63, 3.8) is 0 Å². The second kappa shape index (κ2) is 6.98. The van der Waals surface area contributed by atoms with E-state index in [2.05, 4.69) is 15.1 Å². The smallest absolute Gasteiger partial charge is 0.336 e. The highest BCUT2D eigenvalue weighted by Crippen LogP contribution is 2.29. The lowest BCUT2D eigenvalue weighted by molar-refractivity contribution is 0.559. The molecule has 4 aromatic rings. The fourth-order valence-corrected chi connectivity index (χ4v) is 4.14. The fraction of sp³-hybridized carbons (Fsp3) is 0.263. The number of halogens is 1. The first kappa shape index (κ1) is 18.0. The molecular formula is C19H17ClN4O2S. The van der Waals surface area contributed by atoms with Crippen LogP contribution in [0.4, 0.5) is 0 Å².